The summed E-state index contributed by atoms with van der Waals surface area (Å²) in [5.41, 5.74) is 2.13. The largest absolute Gasteiger partial charge is 0.379 e. The second-order valence-electron chi connectivity index (χ2n) is 7.98. The molecule has 0 spiro atoms. The van der Waals surface area contributed by atoms with Crippen LogP contribution in [0.15, 0.2) is 59.5 Å². The van der Waals surface area contributed by atoms with Crippen molar-refractivity contribution in [3.05, 3.63) is 65.7 Å². The zero-order valence-electron chi connectivity index (χ0n) is 17.6. The molecular formula is C23H29N3O4S. The average molecular weight is 444 g/mol. The van der Waals surface area contributed by atoms with E-state index in [0.717, 1.165) is 24.9 Å². The van der Waals surface area contributed by atoms with E-state index in [0.29, 0.717) is 39.4 Å². The summed E-state index contributed by atoms with van der Waals surface area (Å²) in [6.07, 6.45) is 2.16. The number of rotatable bonds is 7. The van der Waals surface area contributed by atoms with Gasteiger partial charge in [-0.2, -0.15) is 4.31 Å². The molecular weight excluding hydrogens is 414 g/mol. The summed E-state index contributed by atoms with van der Waals surface area (Å²) in [5, 5.41) is 2.96. The fourth-order valence-corrected chi connectivity index (χ4v) is 5.63. The minimum Gasteiger partial charge on any atom is -0.379 e. The maximum Gasteiger partial charge on any atom is 0.243 e. The van der Waals surface area contributed by atoms with Gasteiger partial charge in [0.05, 0.1) is 24.7 Å². The normalized spacial score (nSPS) is 20.6. The highest BCUT2D eigenvalue weighted by Crippen LogP contribution is 2.31. The summed E-state index contributed by atoms with van der Waals surface area (Å²) in [6.45, 7) is 3.25. The number of nitrogens with zero attached hydrogens (tertiary/aromatic N) is 2. The number of likely N-dealkylation sites (tertiary alicyclic amines) is 1. The number of hydrogen-bond acceptors (Lipinski definition) is 5. The van der Waals surface area contributed by atoms with E-state index in [2.05, 4.69) is 22.3 Å². The average Bonchev–Trinajstić information content (AvgIpc) is 3.27. The second kappa shape index (κ2) is 9.91. The van der Waals surface area contributed by atoms with E-state index < -0.39 is 10.0 Å². The Morgan fingerprint density at radius 3 is 2.42 bits per heavy atom. The summed E-state index contributed by atoms with van der Waals surface area (Å²) in [6, 6.07) is 17.3. The molecule has 1 atom stereocenters. The molecule has 0 aliphatic carbocycles. The number of amides is 1. The SMILES string of the molecule is O=C(CN1CCCC1c1ccccc1)NCc1ccc(S(=O)(=O)N2CCOCC2)cc1. The number of carbonyl (C=O) groups is 1. The lowest BCUT2D eigenvalue weighted by molar-refractivity contribution is -0.122. The number of morpholine rings is 1. The van der Waals surface area contributed by atoms with Crippen molar-refractivity contribution in [1.82, 2.24) is 14.5 Å². The number of hydrogen-bond donors (Lipinski definition) is 1. The van der Waals surface area contributed by atoms with Gasteiger partial charge in [0.25, 0.3) is 0 Å². The molecule has 0 aromatic heterocycles. The number of carbonyl (C=O) groups excluding carboxylic acids is 1. The number of ether oxygens (including phenoxy) is 1. The van der Waals surface area contributed by atoms with Gasteiger partial charge in [-0.1, -0.05) is 42.5 Å². The summed E-state index contributed by atoms with van der Waals surface area (Å²) < 4.78 is 32.1. The molecule has 4 rings (SSSR count). The third-order valence-corrected chi connectivity index (χ3v) is 7.83. The molecule has 0 saturated carbocycles. The fraction of sp³-hybridized carbons (Fsp3) is 0.435. The van der Waals surface area contributed by atoms with Gasteiger partial charge < -0.3 is 10.1 Å². The highest BCUT2D eigenvalue weighted by atomic mass is 32.2. The van der Waals surface area contributed by atoms with Crippen LogP contribution in [0.1, 0.15) is 30.0 Å². The minimum atomic E-state index is -3.50. The van der Waals surface area contributed by atoms with E-state index in [-0.39, 0.29) is 16.8 Å². The molecule has 1 amide bonds. The molecule has 2 aliphatic rings. The third kappa shape index (κ3) is 5.33. The number of nitrogens with one attached hydrogen (secondary N) is 1. The highest BCUT2D eigenvalue weighted by Gasteiger charge is 2.28. The second-order valence-corrected chi connectivity index (χ2v) is 9.91. The molecule has 0 radical (unpaired) electrons. The van der Waals surface area contributed by atoms with Crippen LogP contribution in [0.2, 0.25) is 0 Å². The van der Waals surface area contributed by atoms with Gasteiger partial charge in [0.1, 0.15) is 0 Å². The van der Waals surface area contributed by atoms with Crippen molar-refractivity contribution >= 4 is 15.9 Å². The van der Waals surface area contributed by atoms with Crippen LogP contribution >= 0.6 is 0 Å². The zero-order chi connectivity index (χ0) is 21.7. The molecule has 0 bridgehead atoms. The van der Waals surface area contributed by atoms with Crippen LogP contribution in [0.5, 0.6) is 0 Å². The smallest absolute Gasteiger partial charge is 0.243 e. The van der Waals surface area contributed by atoms with Gasteiger partial charge in [-0.25, -0.2) is 8.42 Å². The third-order valence-electron chi connectivity index (χ3n) is 5.92. The standard InChI is InChI=1S/C23H29N3O4S/c27-23(18-25-12-4-7-22(25)20-5-2-1-3-6-20)24-17-19-8-10-21(11-9-19)31(28,29)26-13-15-30-16-14-26/h1-3,5-6,8-11,22H,4,7,12-18H2,(H,24,27). The Labute approximate surface area is 184 Å². The Morgan fingerprint density at radius 1 is 1.00 bits per heavy atom. The maximum absolute atomic E-state index is 12.7. The van der Waals surface area contributed by atoms with Gasteiger partial charge >= 0.3 is 0 Å². The Balaban J connectivity index is 1.30. The van der Waals surface area contributed by atoms with Crippen LogP contribution in [0.3, 0.4) is 0 Å². The van der Waals surface area contributed by atoms with Gasteiger partial charge in [-0.15, -0.1) is 0 Å². The van der Waals surface area contributed by atoms with E-state index in [1.54, 1.807) is 24.3 Å². The van der Waals surface area contributed by atoms with Gasteiger partial charge in [-0.3, -0.25) is 9.69 Å². The summed E-state index contributed by atoms with van der Waals surface area (Å²) >= 11 is 0. The van der Waals surface area contributed by atoms with Gasteiger partial charge in [0.2, 0.25) is 15.9 Å². The first-order valence-electron chi connectivity index (χ1n) is 10.8. The van der Waals surface area contributed by atoms with E-state index in [9.17, 15) is 13.2 Å². The van der Waals surface area contributed by atoms with Crippen molar-refractivity contribution in [3.63, 3.8) is 0 Å². The molecule has 2 aliphatic heterocycles. The summed E-state index contributed by atoms with van der Waals surface area (Å²) in [7, 11) is -3.50. The molecule has 31 heavy (non-hydrogen) atoms. The number of sulfonamides is 1. The Bertz CT molecular complexity index is 974. The molecule has 1 N–H and O–H groups in total. The van der Waals surface area contributed by atoms with Crippen LogP contribution in [0, 0.1) is 0 Å². The van der Waals surface area contributed by atoms with Crippen LogP contribution in [0.4, 0.5) is 0 Å². The Kier molecular flexibility index (Phi) is 7.02. The lowest BCUT2D eigenvalue weighted by Gasteiger charge is -2.26. The molecule has 2 fully saturated rings. The van der Waals surface area contributed by atoms with Gasteiger partial charge in [-0.05, 0) is 42.6 Å². The van der Waals surface area contributed by atoms with Crippen molar-refractivity contribution in [2.75, 3.05) is 39.4 Å². The monoisotopic (exact) mass is 443 g/mol. The van der Waals surface area contributed by atoms with Crippen molar-refractivity contribution in [2.45, 2.75) is 30.3 Å². The molecule has 2 aromatic rings. The molecule has 166 valence electrons. The van der Waals surface area contributed by atoms with Crippen LogP contribution < -0.4 is 5.32 Å². The van der Waals surface area contributed by atoms with Gasteiger partial charge in [0, 0.05) is 25.7 Å². The molecule has 1 unspecified atom stereocenters. The lowest BCUT2D eigenvalue weighted by atomic mass is 10.0. The van der Waals surface area contributed by atoms with Crippen LogP contribution in [-0.4, -0.2) is 62.9 Å². The quantitative estimate of drug-likeness (QED) is 0.710. The topological polar surface area (TPSA) is 79.0 Å². The zero-order valence-corrected chi connectivity index (χ0v) is 18.4. The Hall–Kier alpha value is -2.26. The van der Waals surface area contributed by atoms with Gasteiger partial charge in [0.15, 0.2) is 0 Å². The first kappa shape index (κ1) is 22.0. The summed E-state index contributed by atoms with van der Waals surface area (Å²) in [4.78, 5) is 15.0. The van der Waals surface area contributed by atoms with Crippen LogP contribution in [0.25, 0.3) is 0 Å². The fourth-order valence-electron chi connectivity index (χ4n) is 4.22. The van der Waals surface area contributed by atoms with E-state index in [1.807, 2.05) is 18.2 Å². The first-order chi connectivity index (χ1) is 15.0. The number of benzene rings is 2. The molecule has 2 heterocycles. The van der Waals surface area contributed by atoms with Crippen molar-refractivity contribution < 1.29 is 17.9 Å². The molecule has 7 nitrogen and oxygen atoms in total. The predicted octanol–water partition coefficient (Wildman–Crippen LogP) is 2.16. The lowest BCUT2D eigenvalue weighted by Crippen LogP contribution is -2.40. The Morgan fingerprint density at radius 2 is 1.71 bits per heavy atom. The molecule has 2 aromatic carbocycles. The van der Waals surface area contributed by atoms with Crippen molar-refractivity contribution in [1.29, 1.82) is 0 Å². The maximum atomic E-state index is 12.7. The minimum absolute atomic E-state index is 0.0205. The van der Waals surface area contributed by atoms with Crippen LogP contribution in [-0.2, 0) is 26.1 Å². The molecule has 8 heteroatoms. The van der Waals surface area contributed by atoms with E-state index in [1.165, 1.54) is 9.87 Å². The predicted molar refractivity (Wildman–Crippen MR) is 118 cm³/mol. The van der Waals surface area contributed by atoms with E-state index in [4.69, 9.17) is 4.74 Å². The summed E-state index contributed by atoms with van der Waals surface area (Å²) in [5.74, 6) is -0.0205. The molecule has 2 saturated heterocycles. The van der Waals surface area contributed by atoms with Crippen molar-refractivity contribution in [3.8, 4) is 0 Å². The van der Waals surface area contributed by atoms with E-state index >= 15 is 0 Å². The first-order valence-corrected chi connectivity index (χ1v) is 12.2. The highest BCUT2D eigenvalue weighted by molar-refractivity contribution is 7.89. The van der Waals surface area contributed by atoms with Crippen molar-refractivity contribution in [2.24, 2.45) is 0 Å².